The van der Waals surface area contributed by atoms with Crippen molar-refractivity contribution in [1.29, 1.82) is 0 Å². The molecule has 2 N–H and O–H groups in total. The molecule has 2 aromatic heterocycles. The minimum atomic E-state index is -0.340. The van der Waals surface area contributed by atoms with Gasteiger partial charge in [-0.1, -0.05) is 6.07 Å². The standard InChI is InChI=1S/C18H18N4O2/c1-21(2)18(24)13-11-22(10-12-6-8-20-9-7-12)15-5-3-4-14(19)16(15)17(13)23/h3-9,11H,10,19H2,1-2H3. The molecule has 122 valence electrons. The van der Waals surface area contributed by atoms with Gasteiger partial charge < -0.3 is 15.2 Å². The lowest BCUT2D eigenvalue weighted by molar-refractivity contribution is 0.0826. The van der Waals surface area contributed by atoms with Crippen LogP contribution in [0.2, 0.25) is 0 Å². The number of nitrogens with zero attached hydrogens (tertiary/aromatic N) is 3. The Morgan fingerprint density at radius 3 is 2.58 bits per heavy atom. The molecule has 2 heterocycles. The van der Waals surface area contributed by atoms with Crippen LogP contribution in [0.5, 0.6) is 0 Å². The zero-order valence-corrected chi connectivity index (χ0v) is 13.6. The molecule has 0 unspecified atom stereocenters. The minimum absolute atomic E-state index is 0.111. The van der Waals surface area contributed by atoms with E-state index in [2.05, 4.69) is 4.98 Å². The van der Waals surface area contributed by atoms with E-state index in [0.717, 1.165) is 5.56 Å². The van der Waals surface area contributed by atoms with Gasteiger partial charge in [-0.2, -0.15) is 0 Å². The topological polar surface area (TPSA) is 81.2 Å². The first-order chi connectivity index (χ1) is 11.5. The molecule has 1 aromatic carbocycles. The Labute approximate surface area is 139 Å². The third-order valence-electron chi connectivity index (χ3n) is 3.88. The van der Waals surface area contributed by atoms with Crippen molar-refractivity contribution < 1.29 is 4.79 Å². The summed E-state index contributed by atoms with van der Waals surface area (Å²) in [5, 5.41) is 0.374. The van der Waals surface area contributed by atoms with Crippen LogP contribution in [0.25, 0.3) is 10.9 Å². The fraction of sp³-hybridized carbons (Fsp3) is 0.167. The van der Waals surface area contributed by atoms with E-state index in [4.69, 9.17) is 5.73 Å². The predicted molar refractivity (Wildman–Crippen MR) is 94.0 cm³/mol. The summed E-state index contributed by atoms with van der Waals surface area (Å²) in [5.41, 5.74) is 7.87. The van der Waals surface area contributed by atoms with Crippen LogP contribution in [-0.2, 0) is 6.54 Å². The Morgan fingerprint density at radius 2 is 1.92 bits per heavy atom. The van der Waals surface area contributed by atoms with Crippen molar-refractivity contribution in [2.24, 2.45) is 0 Å². The van der Waals surface area contributed by atoms with Gasteiger partial charge in [0.2, 0.25) is 5.43 Å². The molecule has 0 aliphatic heterocycles. The van der Waals surface area contributed by atoms with Crippen LogP contribution in [0.4, 0.5) is 5.69 Å². The first-order valence-corrected chi connectivity index (χ1v) is 7.51. The lowest BCUT2D eigenvalue weighted by Gasteiger charge is -2.16. The second-order valence-electron chi connectivity index (χ2n) is 5.80. The van der Waals surface area contributed by atoms with Gasteiger partial charge in [-0.3, -0.25) is 14.6 Å². The van der Waals surface area contributed by atoms with Gasteiger partial charge in [0.25, 0.3) is 5.91 Å². The van der Waals surface area contributed by atoms with E-state index in [-0.39, 0.29) is 16.9 Å². The average Bonchev–Trinajstić information content (AvgIpc) is 2.57. The van der Waals surface area contributed by atoms with Crippen LogP contribution < -0.4 is 11.2 Å². The number of aromatic nitrogens is 2. The third kappa shape index (κ3) is 2.74. The number of pyridine rings is 2. The van der Waals surface area contributed by atoms with E-state index in [1.165, 1.54) is 4.90 Å². The molecule has 3 aromatic rings. The number of nitrogen functional groups attached to an aromatic ring is 1. The summed E-state index contributed by atoms with van der Waals surface area (Å²) in [4.78, 5) is 30.5. The molecule has 6 nitrogen and oxygen atoms in total. The molecule has 0 aliphatic rings. The number of benzene rings is 1. The molecule has 1 amide bonds. The fourth-order valence-corrected chi connectivity index (χ4v) is 2.67. The van der Waals surface area contributed by atoms with Crippen LogP contribution in [0.15, 0.2) is 53.7 Å². The molecule has 6 heteroatoms. The van der Waals surface area contributed by atoms with E-state index in [1.54, 1.807) is 44.8 Å². The van der Waals surface area contributed by atoms with Crippen LogP contribution in [0.1, 0.15) is 15.9 Å². The number of carbonyl (C=O) groups excluding carboxylic acids is 1. The zero-order valence-electron chi connectivity index (χ0n) is 13.6. The maximum Gasteiger partial charge on any atom is 0.258 e. The van der Waals surface area contributed by atoms with E-state index >= 15 is 0 Å². The van der Waals surface area contributed by atoms with Crippen LogP contribution in [-0.4, -0.2) is 34.5 Å². The quantitative estimate of drug-likeness (QED) is 0.745. The minimum Gasteiger partial charge on any atom is -0.398 e. The summed E-state index contributed by atoms with van der Waals surface area (Å²) in [5.74, 6) is -0.339. The Kier molecular flexibility index (Phi) is 4.04. The Morgan fingerprint density at radius 1 is 1.21 bits per heavy atom. The second-order valence-corrected chi connectivity index (χ2v) is 5.80. The van der Waals surface area contributed by atoms with Crippen LogP contribution in [0.3, 0.4) is 0 Å². The summed E-state index contributed by atoms with van der Waals surface area (Å²) in [6.07, 6.45) is 5.02. The van der Waals surface area contributed by atoms with E-state index in [0.29, 0.717) is 23.1 Å². The second kappa shape index (κ2) is 6.16. The molecule has 3 rings (SSSR count). The number of nitrogens with two attached hydrogens (primary N) is 1. The first kappa shape index (κ1) is 15.7. The molecule has 0 aliphatic carbocycles. The van der Waals surface area contributed by atoms with Crippen molar-refractivity contribution in [3.05, 3.63) is 70.3 Å². The molecule has 0 saturated heterocycles. The Balaban J connectivity index is 2.28. The third-order valence-corrected chi connectivity index (χ3v) is 3.88. The number of fused-ring (bicyclic) bond motifs is 1. The Hall–Kier alpha value is -3.15. The zero-order chi connectivity index (χ0) is 17.3. The number of amides is 1. The molecule has 24 heavy (non-hydrogen) atoms. The first-order valence-electron chi connectivity index (χ1n) is 7.51. The highest BCUT2D eigenvalue weighted by Crippen LogP contribution is 2.20. The van der Waals surface area contributed by atoms with E-state index in [9.17, 15) is 9.59 Å². The van der Waals surface area contributed by atoms with Crippen molar-refractivity contribution in [1.82, 2.24) is 14.5 Å². The number of anilines is 1. The molecule has 0 bridgehead atoms. The molecular weight excluding hydrogens is 304 g/mol. The summed E-state index contributed by atoms with van der Waals surface area (Å²) < 4.78 is 1.87. The van der Waals surface area contributed by atoms with Gasteiger partial charge in [-0.25, -0.2) is 0 Å². The van der Waals surface area contributed by atoms with Gasteiger partial charge in [-0.05, 0) is 29.8 Å². The van der Waals surface area contributed by atoms with Crippen molar-refractivity contribution in [3.8, 4) is 0 Å². The van der Waals surface area contributed by atoms with Crippen molar-refractivity contribution >= 4 is 22.5 Å². The molecular formula is C18H18N4O2. The molecule has 0 fully saturated rings. The molecule has 0 atom stereocenters. The molecule has 0 spiro atoms. The van der Waals surface area contributed by atoms with E-state index < -0.39 is 0 Å². The van der Waals surface area contributed by atoms with Gasteiger partial charge in [0.15, 0.2) is 0 Å². The van der Waals surface area contributed by atoms with Crippen molar-refractivity contribution in [2.45, 2.75) is 6.54 Å². The summed E-state index contributed by atoms with van der Waals surface area (Å²) in [6.45, 7) is 0.510. The predicted octanol–water partition coefficient (Wildman–Crippen LogP) is 1.73. The molecule has 0 radical (unpaired) electrons. The highest BCUT2D eigenvalue weighted by atomic mass is 16.2. The SMILES string of the molecule is CN(C)C(=O)c1cn(Cc2ccncc2)c2cccc(N)c2c1=O. The summed E-state index contributed by atoms with van der Waals surface area (Å²) in [7, 11) is 3.24. The van der Waals surface area contributed by atoms with Gasteiger partial charge in [0, 0.05) is 44.9 Å². The summed E-state index contributed by atoms with van der Waals surface area (Å²) >= 11 is 0. The number of hydrogen-bond donors (Lipinski definition) is 1. The van der Waals surface area contributed by atoms with Gasteiger partial charge in [0.05, 0.1) is 10.9 Å². The van der Waals surface area contributed by atoms with Crippen molar-refractivity contribution in [3.63, 3.8) is 0 Å². The van der Waals surface area contributed by atoms with Crippen LogP contribution >= 0.6 is 0 Å². The highest BCUT2D eigenvalue weighted by molar-refractivity contribution is 5.99. The molecule has 0 saturated carbocycles. The lowest BCUT2D eigenvalue weighted by atomic mass is 10.1. The fourth-order valence-electron chi connectivity index (χ4n) is 2.67. The number of hydrogen-bond acceptors (Lipinski definition) is 4. The number of carbonyl (C=O) groups is 1. The smallest absolute Gasteiger partial charge is 0.258 e. The monoisotopic (exact) mass is 322 g/mol. The van der Waals surface area contributed by atoms with Gasteiger partial charge in [-0.15, -0.1) is 0 Å². The highest BCUT2D eigenvalue weighted by Gasteiger charge is 2.18. The summed E-state index contributed by atoms with van der Waals surface area (Å²) in [6, 6.07) is 9.09. The lowest BCUT2D eigenvalue weighted by Crippen LogP contribution is -2.29. The van der Waals surface area contributed by atoms with Crippen LogP contribution in [0, 0.1) is 0 Å². The average molecular weight is 322 g/mol. The Bertz CT molecular complexity index is 962. The number of rotatable bonds is 3. The normalized spacial score (nSPS) is 10.8. The van der Waals surface area contributed by atoms with E-state index in [1.807, 2.05) is 22.8 Å². The largest absolute Gasteiger partial charge is 0.398 e. The van der Waals surface area contributed by atoms with Gasteiger partial charge >= 0.3 is 0 Å². The van der Waals surface area contributed by atoms with Crippen molar-refractivity contribution in [2.75, 3.05) is 19.8 Å². The van der Waals surface area contributed by atoms with Gasteiger partial charge in [0.1, 0.15) is 5.56 Å². The maximum atomic E-state index is 12.7. The maximum absolute atomic E-state index is 12.7.